The molecule has 0 unspecified atom stereocenters. The molecule has 0 bridgehead atoms. The molecule has 186 valence electrons. The van der Waals surface area contributed by atoms with Gasteiger partial charge in [0.25, 0.3) is 0 Å². The molecule has 1 amide bonds. The zero-order valence-electron chi connectivity index (χ0n) is 18.1. The minimum absolute atomic E-state index is 0. The van der Waals surface area contributed by atoms with Crippen LogP contribution < -0.4 is 19.9 Å². The number of benzene rings is 3. The molecule has 1 fully saturated rings. The molecule has 35 heavy (non-hydrogen) atoms. The lowest BCUT2D eigenvalue weighted by Crippen LogP contribution is -2.28. The number of rotatable bonds is 5. The van der Waals surface area contributed by atoms with E-state index in [-0.39, 0.29) is 31.4 Å². The van der Waals surface area contributed by atoms with E-state index in [0.29, 0.717) is 29.9 Å². The Bertz CT molecular complexity index is 1460. The molecule has 2 aliphatic rings. The summed E-state index contributed by atoms with van der Waals surface area (Å²) in [5.74, 6) is 0.669. The average molecular weight is 509 g/mol. The van der Waals surface area contributed by atoms with Gasteiger partial charge in [0.05, 0.1) is 15.9 Å². The molecular weight excluding hydrogens is 485 g/mol. The van der Waals surface area contributed by atoms with Crippen LogP contribution in [0.4, 0.5) is 18.9 Å². The number of hydrogen-bond donors (Lipinski definition) is 2. The van der Waals surface area contributed by atoms with E-state index in [9.17, 15) is 26.4 Å². The molecule has 11 heteroatoms. The van der Waals surface area contributed by atoms with Gasteiger partial charge < -0.3 is 14.8 Å². The summed E-state index contributed by atoms with van der Waals surface area (Å²) in [4.78, 5) is 12.8. The maximum absolute atomic E-state index is 13.9. The van der Waals surface area contributed by atoms with Crippen LogP contribution >= 0.6 is 0 Å². The summed E-state index contributed by atoms with van der Waals surface area (Å²) < 4.78 is 75.8. The quantitative estimate of drug-likeness (QED) is 0.509. The second-order valence-corrected chi connectivity index (χ2v) is 10.00. The molecule has 1 aliphatic heterocycles. The van der Waals surface area contributed by atoms with Gasteiger partial charge in [0.1, 0.15) is 0 Å². The van der Waals surface area contributed by atoms with E-state index in [1.54, 1.807) is 18.2 Å². The normalized spacial score (nSPS) is 16.1. The highest BCUT2D eigenvalue weighted by Crippen LogP contribution is 2.51. The van der Waals surface area contributed by atoms with Gasteiger partial charge >= 0.3 is 6.18 Å². The van der Waals surface area contributed by atoms with E-state index >= 15 is 0 Å². The van der Waals surface area contributed by atoms with E-state index in [4.69, 9.17) is 14.6 Å². The number of primary sulfonamides is 1. The molecule has 1 heterocycles. The molecule has 1 saturated carbocycles. The topological polar surface area (TPSA) is 108 Å². The summed E-state index contributed by atoms with van der Waals surface area (Å²) in [5, 5.41) is 7.73. The van der Waals surface area contributed by atoms with E-state index in [1.807, 2.05) is 0 Å². The molecule has 0 aromatic heterocycles. The lowest BCUT2D eigenvalue weighted by Gasteiger charge is -2.19. The van der Waals surface area contributed by atoms with Crippen molar-refractivity contribution in [1.82, 2.24) is 0 Å². The van der Waals surface area contributed by atoms with Crippen molar-refractivity contribution in [3.05, 3.63) is 71.8 Å². The molecular formula is C24H23F3N2O5S. The fraction of sp³-hybridized carbons (Fsp3) is 0.208. The minimum atomic E-state index is -4.76. The van der Waals surface area contributed by atoms with Crippen molar-refractivity contribution >= 4 is 21.6 Å². The Hall–Kier alpha value is -3.57. The van der Waals surface area contributed by atoms with Crippen molar-refractivity contribution in [3.63, 3.8) is 0 Å². The first-order valence-corrected chi connectivity index (χ1v) is 12.1. The van der Waals surface area contributed by atoms with E-state index in [0.717, 1.165) is 12.1 Å². The van der Waals surface area contributed by atoms with E-state index < -0.39 is 33.1 Å². The fourth-order valence-corrected chi connectivity index (χ4v) is 4.73. The van der Waals surface area contributed by atoms with Gasteiger partial charge in [-0.05, 0) is 65.9 Å². The summed E-state index contributed by atoms with van der Waals surface area (Å²) in [6.07, 6.45) is -3.67. The van der Waals surface area contributed by atoms with Crippen LogP contribution in [-0.4, -0.2) is 21.1 Å². The second-order valence-electron chi connectivity index (χ2n) is 8.44. The number of sulfonamides is 1. The van der Waals surface area contributed by atoms with Crippen LogP contribution in [-0.2, 0) is 26.4 Å². The third-order valence-electron chi connectivity index (χ3n) is 6.17. The monoisotopic (exact) mass is 508 g/mol. The molecule has 0 radical (unpaired) electrons. The Labute approximate surface area is 201 Å². The molecule has 0 saturated heterocycles. The SMILES string of the molecule is NS(=O)(=O)c1cccc(-c2ccc(NC(=O)C3(c4ccc5c(c4)OCO5)CC3)cc2C(F)(F)F)c1.[HH].[HH]. The summed E-state index contributed by atoms with van der Waals surface area (Å²) >= 11 is 0. The predicted octanol–water partition coefficient (Wildman–Crippen LogP) is 4.91. The number of fused-ring (bicyclic) bond motifs is 1. The molecule has 3 N–H and O–H groups in total. The Kier molecular flexibility index (Phi) is 5.29. The van der Waals surface area contributed by atoms with E-state index in [1.165, 1.54) is 30.3 Å². The number of amides is 1. The smallest absolute Gasteiger partial charge is 0.417 e. The number of nitrogens with one attached hydrogen (secondary N) is 1. The van der Waals surface area contributed by atoms with Gasteiger partial charge in [-0.1, -0.05) is 24.3 Å². The average Bonchev–Trinajstić information content (AvgIpc) is 3.49. The Morgan fingerprint density at radius 1 is 1.00 bits per heavy atom. The van der Waals surface area contributed by atoms with Crippen molar-refractivity contribution in [3.8, 4) is 22.6 Å². The molecule has 1 aliphatic carbocycles. The Morgan fingerprint density at radius 2 is 1.74 bits per heavy atom. The Morgan fingerprint density at radius 3 is 2.43 bits per heavy atom. The maximum atomic E-state index is 13.9. The molecule has 3 aromatic rings. The standard InChI is InChI=1S/C24H19F3N2O5S.2H2/c25-24(26,27)19-12-16(5-6-18(19)14-2-1-3-17(10-14)35(28,31)32)29-22(30)23(8-9-23)15-4-7-20-21(11-15)34-13-33-20;;/h1-7,10-12H,8-9,13H2,(H,29,30)(H2,28,31,32);2*1H. The summed E-state index contributed by atoms with van der Waals surface area (Å²) in [6.45, 7) is 0.0880. The van der Waals surface area contributed by atoms with E-state index in [2.05, 4.69) is 5.32 Å². The first-order valence-electron chi connectivity index (χ1n) is 10.5. The zero-order chi connectivity index (χ0) is 25.0. The number of anilines is 1. The minimum Gasteiger partial charge on any atom is -0.454 e. The predicted molar refractivity (Wildman–Crippen MR) is 125 cm³/mol. The van der Waals surface area contributed by atoms with Crippen LogP contribution in [0.5, 0.6) is 11.5 Å². The number of ether oxygens (including phenoxy) is 2. The molecule has 3 aromatic carbocycles. The number of carbonyl (C=O) groups excluding carboxylic acids is 1. The second kappa shape index (κ2) is 7.99. The van der Waals surface area contributed by atoms with Crippen LogP contribution in [0, 0.1) is 0 Å². The van der Waals surface area contributed by atoms with Crippen LogP contribution in [0.1, 0.15) is 26.8 Å². The maximum Gasteiger partial charge on any atom is 0.417 e. The number of carbonyl (C=O) groups is 1. The van der Waals surface area contributed by atoms with Gasteiger partial charge in [0.2, 0.25) is 22.7 Å². The lowest BCUT2D eigenvalue weighted by atomic mass is 9.94. The van der Waals surface area contributed by atoms with Gasteiger partial charge in [-0.2, -0.15) is 13.2 Å². The largest absolute Gasteiger partial charge is 0.454 e. The summed E-state index contributed by atoms with van der Waals surface area (Å²) in [7, 11) is -4.10. The Balaban J connectivity index is 0.00000190. The number of halogens is 3. The molecule has 5 rings (SSSR count). The van der Waals surface area contributed by atoms with Crippen LogP contribution in [0.15, 0.2) is 65.6 Å². The van der Waals surface area contributed by atoms with Gasteiger partial charge in [-0.25, -0.2) is 13.6 Å². The highest BCUT2D eigenvalue weighted by atomic mass is 32.2. The van der Waals surface area contributed by atoms with Crippen molar-refractivity contribution in [1.29, 1.82) is 0 Å². The van der Waals surface area contributed by atoms with Crippen molar-refractivity contribution in [2.75, 3.05) is 12.1 Å². The van der Waals surface area contributed by atoms with Crippen LogP contribution in [0.25, 0.3) is 11.1 Å². The first kappa shape index (κ1) is 23.2. The third-order valence-corrected chi connectivity index (χ3v) is 7.08. The number of alkyl halides is 3. The van der Waals surface area contributed by atoms with Gasteiger partial charge in [-0.3, -0.25) is 4.79 Å². The molecule has 7 nitrogen and oxygen atoms in total. The summed E-state index contributed by atoms with van der Waals surface area (Å²) in [6, 6.07) is 13.5. The van der Waals surface area contributed by atoms with Crippen molar-refractivity contribution < 1.29 is 38.7 Å². The van der Waals surface area contributed by atoms with Gasteiger partial charge in [0.15, 0.2) is 11.5 Å². The lowest BCUT2D eigenvalue weighted by molar-refractivity contribution is -0.137. The summed E-state index contributed by atoms with van der Waals surface area (Å²) in [5.41, 5.74) is -1.41. The molecule has 0 spiro atoms. The molecule has 0 atom stereocenters. The number of nitrogens with two attached hydrogens (primary N) is 1. The zero-order valence-corrected chi connectivity index (χ0v) is 18.9. The number of hydrogen-bond acceptors (Lipinski definition) is 5. The van der Waals surface area contributed by atoms with Crippen LogP contribution in [0.3, 0.4) is 0 Å². The van der Waals surface area contributed by atoms with Gasteiger partial charge in [0, 0.05) is 8.54 Å². The van der Waals surface area contributed by atoms with Gasteiger partial charge in [-0.15, -0.1) is 0 Å². The highest BCUT2D eigenvalue weighted by Gasteiger charge is 2.51. The highest BCUT2D eigenvalue weighted by molar-refractivity contribution is 7.89. The van der Waals surface area contributed by atoms with Crippen LogP contribution in [0.2, 0.25) is 0 Å². The first-order chi connectivity index (χ1) is 16.5. The third kappa shape index (κ3) is 4.32. The van der Waals surface area contributed by atoms with Crippen molar-refractivity contribution in [2.45, 2.75) is 29.3 Å². The fourth-order valence-electron chi connectivity index (χ4n) is 4.17. The van der Waals surface area contributed by atoms with Crippen molar-refractivity contribution in [2.24, 2.45) is 5.14 Å².